The summed E-state index contributed by atoms with van der Waals surface area (Å²) in [6.07, 6.45) is 5.36. The first-order valence-electron chi connectivity index (χ1n) is 7.70. The smallest absolute Gasteiger partial charge is 0.337 e. The largest absolute Gasteiger partial charge is 0.465 e. The maximum absolute atomic E-state index is 12.4. The second kappa shape index (κ2) is 7.44. The highest BCUT2D eigenvalue weighted by molar-refractivity contribution is 6.04. The number of esters is 1. The van der Waals surface area contributed by atoms with Gasteiger partial charge in [0.25, 0.3) is 5.91 Å². The molecule has 126 valence electrons. The van der Waals surface area contributed by atoms with Crippen LogP contribution < -0.4 is 5.32 Å². The number of anilines is 1. The van der Waals surface area contributed by atoms with Gasteiger partial charge in [0, 0.05) is 30.2 Å². The second-order valence-electron chi connectivity index (χ2n) is 5.46. The van der Waals surface area contributed by atoms with Gasteiger partial charge in [0.15, 0.2) is 0 Å². The Labute approximate surface area is 145 Å². The Morgan fingerprint density at radius 3 is 2.60 bits per heavy atom. The number of benzene rings is 2. The number of amides is 1. The van der Waals surface area contributed by atoms with Crippen LogP contribution in [0.3, 0.4) is 0 Å². The first kappa shape index (κ1) is 16.4. The summed E-state index contributed by atoms with van der Waals surface area (Å²) in [5, 5.41) is 2.78. The van der Waals surface area contributed by atoms with Crippen molar-refractivity contribution in [1.82, 2.24) is 9.55 Å². The molecule has 0 spiro atoms. The van der Waals surface area contributed by atoms with Crippen molar-refractivity contribution in [3.8, 4) is 0 Å². The van der Waals surface area contributed by atoms with E-state index in [0.717, 1.165) is 5.56 Å². The molecular formula is C19H17N3O3. The highest BCUT2D eigenvalue weighted by atomic mass is 16.5. The number of nitrogens with one attached hydrogen (secondary N) is 1. The summed E-state index contributed by atoms with van der Waals surface area (Å²) in [5.74, 6) is -0.684. The number of aromatic nitrogens is 2. The molecule has 6 heteroatoms. The standard InChI is InChI=1S/C19H17N3O3/c1-25-19(24)16-3-2-4-17(11-16)21-18(23)15-7-5-14(6-8-15)12-22-10-9-20-13-22/h2-11,13H,12H2,1H3,(H,21,23). The van der Waals surface area contributed by atoms with E-state index >= 15 is 0 Å². The van der Waals surface area contributed by atoms with Crippen molar-refractivity contribution in [3.63, 3.8) is 0 Å². The molecule has 0 atom stereocenters. The molecule has 2 aromatic carbocycles. The van der Waals surface area contributed by atoms with Gasteiger partial charge in [0.2, 0.25) is 0 Å². The van der Waals surface area contributed by atoms with Crippen molar-refractivity contribution >= 4 is 17.6 Å². The van der Waals surface area contributed by atoms with Crippen LogP contribution in [0.1, 0.15) is 26.3 Å². The van der Waals surface area contributed by atoms with Crippen LogP contribution in [0.4, 0.5) is 5.69 Å². The minimum absolute atomic E-state index is 0.240. The molecule has 0 saturated carbocycles. The van der Waals surface area contributed by atoms with Crippen LogP contribution in [0.15, 0.2) is 67.3 Å². The van der Waals surface area contributed by atoms with Gasteiger partial charge in [-0.1, -0.05) is 18.2 Å². The molecule has 0 aliphatic carbocycles. The molecule has 0 radical (unpaired) electrons. The van der Waals surface area contributed by atoms with Crippen molar-refractivity contribution in [2.45, 2.75) is 6.54 Å². The van der Waals surface area contributed by atoms with Gasteiger partial charge >= 0.3 is 5.97 Å². The monoisotopic (exact) mass is 335 g/mol. The minimum Gasteiger partial charge on any atom is -0.465 e. The first-order valence-corrected chi connectivity index (χ1v) is 7.70. The Morgan fingerprint density at radius 2 is 1.92 bits per heavy atom. The van der Waals surface area contributed by atoms with E-state index in [-0.39, 0.29) is 5.91 Å². The lowest BCUT2D eigenvalue weighted by molar-refractivity contribution is 0.0600. The van der Waals surface area contributed by atoms with E-state index in [0.29, 0.717) is 23.4 Å². The summed E-state index contributed by atoms with van der Waals surface area (Å²) in [6.45, 7) is 0.697. The summed E-state index contributed by atoms with van der Waals surface area (Å²) < 4.78 is 6.63. The Balaban J connectivity index is 1.68. The van der Waals surface area contributed by atoms with Crippen molar-refractivity contribution in [2.24, 2.45) is 0 Å². The molecule has 3 aromatic rings. The molecule has 1 heterocycles. The normalized spacial score (nSPS) is 10.3. The number of carbonyl (C=O) groups excluding carboxylic acids is 2. The highest BCUT2D eigenvalue weighted by Crippen LogP contribution is 2.14. The zero-order valence-electron chi connectivity index (χ0n) is 13.7. The molecule has 0 aliphatic heterocycles. The lowest BCUT2D eigenvalue weighted by atomic mass is 10.1. The molecule has 0 unspecified atom stereocenters. The van der Waals surface area contributed by atoms with E-state index in [1.165, 1.54) is 7.11 Å². The van der Waals surface area contributed by atoms with Crippen molar-refractivity contribution in [1.29, 1.82) is 0 Å². The number of carbonyl (C=O) groups is 2. The van der Waals surface area contributed by atoms with Crippen LogP contribution in [0.25, 0.3) is 0 Å². The summed E-state index contributed by atoms with van der Waals surface area (Å²) in [5.41, 5.74) is 2.53. The molecule has 6 nitrogen and oxygen atoms in total. The van der Waals surface area contributed by atoms with Crippen LogP contribution in [0, 0.1) is 0 Å². The van der Waals surface area contributed by atoms with Gasteiger partial charge in [-0.25, -0.2) is 9.78 Å². The Bertz CT molecular complexity index is 871. The van der Waals surface area contributed by atoms with Crippen LogP contribution in [0.2, 0.25) is 0 Å². The van der Waals surface area contributed by atoms with Gasteiger partial charge < -0.3 is 14.6 Å². The first-order chi connectivity index (χ1) is 12.2. The number of nitrogens with zero attached hydrogens (tertiary/aromatic N) is 2. The molecule has 0 bridgehead atoms. The van der Waals surface area contributed by atoms with Crippen molar-refractivity contribution in [2.75, 3.05) is 12.4 Å². The molecule has 3 rings (SSSR count). The van der Waals surface area contributed by atoms with Crippen molar-refractivity contribution in [3.05, 3.63) is 83.9 Å². The molecular weight excluding hydrogens is 318 g/mol. The van der Waals surface area contributed by atoms with E-state index in [1.54, 1.807) is 48.9 Å². The van der Waals surface area contributed by atoms with E-state index in [1.807, 2.05) is 22.9 Å². The van der Waals surface area contributed by atoms with Crippen LogP contribution in [0.5, 0.6) is 0 Å². The van der Waals surface area contributed by atoms with Gasteiger partial charge in [0.1, 0.15) is 0 Å². The molecule has 1 amide bonds. The topological polar surface area (TPSA) is 73.2 Å². The predicted octanol–water partition coefficient (Wildman–Crippen LogP) is 2.97. The van der Waals surface area contributed by atoms with E-state index in [2.05, 4.69) is 15.0 Å². The zero-order chi connectivity index (χ0) is 17.6. The Kier molecular flexibility index (Phi) is 4.89. The average molecular weight is 335 g/mol. The zero-order valence-corrected chi connectivity index (χ0v) is 13.7. The van der Waals surface area contributed by atoms with Crippen LogP contribution in [-0.4, -0.2) is 28.5 Å². The van der Waals surface area contributed by atoms with Gasteiger partial charge in [-0.2, -0.15) is 0 Å². The Morgan fingerprint density at radius 1 is 1.12 bits per heavy atom. The van der Waals surface area contributed by atoms with E-state index in [4.69, 9.17) is 0 Å². The third-order valence-corrected chi connectivity index (χ3v) is 3.68. The number of ether oxygens (including phenoxy) is 1. The third kappa shape index (κ3) is 4.11. The van der Waals surface area contributed by atoms with Crippen LogP contribution >= 0.6 is 0 Å². The van der Waals surface area contributed by atoms with E-state index in [9.17, 15) is 9.59 Å². The highest BCUT2D eigenvalue weighted by Gasteiger charge is 2.09. The molecule has 0 aliphatic rings. The fourth-order valence-electron chi connectivity index (χ4n) is 2.40. The van der Waals surface area contributed by atoms with Gasteiger partial charge in [0.05, 0.1) is 19.0 Å². The molecule has 0 saturated heterocycles. The molecule has 1 aromatic heterocycles. The molecule has 1 N–H and O–H groups in total. The lowest BCUT2D eigenvalue weighted by Gasteiger charge is -2.08. The molecule has 25 heavy (non-hydrogen) atoms. The Hall–Kier alpha value is -3.41. The maximum atomic E-state index is 12.4. The fourth-order valence-corrected chi connectivity index (χ4v) is 2.40. The maximum Gasteiger partial charge on any atom is 0.337 e. The van der Waals surface area contributed by atoms with Gasteiger partial charge in [-0.3, -0.25) is 4.79 Å². The summed E-state index contributed by atoms with van der Waals surface area (Å²) >= 11 is 0. The minimum atomic E-state index is -0.444. The fraction of sp³-hybridized carbons (Fsp3) is 0.105. The number of hydrogen-bond acceptors (Lipinski definition) is 4. The molecule has 0 fully saturated rings. The van der Waals surface area contributed by atoms with Crippen LogP contribution in [-0.2, 0) is 11.3 Å². The predicted molar refractivity (Wildman–Crippen MR) is 93.5 cm³/mol. The summed E-state index contributed by atoms with van der Waals surface area (Å²) in [6, 6.07) is 14.0. The number of rotatable bonds is 5. The lowest BCUT2D eigenvalue weighted by Crippen LogP contribution is -2.12. The number of hydrogen-bond donors (Lipinski definition) is 1. The van der Waals surface area contributed by atoms with Gasteiger partial charge in [-0.05, 0) is 35.9 Å². The van der Waals surface area contributed by atoms with Crippen molar-refractivity contribution < 1.29 is 14.3 Å². The summed E-state index contributed by atoms with van der Waals surface area (Å²) in [4.78, 5) is 27.9. The summed E-state index contributed by atoms with van der Waals surface area (Å²) in [7, 11) is 1.32. The third-order valence-electron chi connectivity index (χ3n) is 3.68. The second-order valence-corrected chi connectivity index (χ2v) is 5.46. The number of methoxy groups -OCH3 is 1. The quantitative estimate of drug-likeness (QED) is 0.728. The number of imidazole rings is 1. The average Bonchev–Trinajstić information content (AvgIpc) is 3.15. The SMILES string of the molecule is COC(=O)c1cccc(NC(=O)c2ccc(Cn3ccnc3)cc2)c1. The van der Waals surface area contributed by atoms with Gasteiger partial charge in [-0.15, -0.1) is 0 Å². The van der Waals surface area contributed by atoms with E-state index < -0.39 is 5.97 Å².